The van der Waals surface area contributed by atoms with Crippen LogP contribution >= 0.6 is 0 Å². The molecule has 2 saturated heterocycles. The van der Waals surface area contributed by atoms with Gasteiger partial charge in [0, 0.05) is 31.1 Å². The van der Waals surface area contributed by atoms with Crippen LogP contribution in [-0.2, 0) is 19.1 Å². The molecule has 0 spiro atoms. The average molecular weight is 619 g/mol. The highest BCUT2D eigenvalue weighted by molar-refractivity contribution is 5.82. The Kier molecular flexibility index (Phi) is 13.5. The van der Waals surface area contributed by atoms with Gasteiger partial charge in [-0.15, -0.1) is 0 Å². The molecule has 2 heterocycles. The van der Waals surface area contributed by atoms with Crippen molar-refractivity contribution in [2.45, 2.75) is 90.7 Å². The second-order valence-corrected chi connectivity index (χ2v) is 13.9. The van der Waals surface area contributed by atoms with Crippen LogP contribution in [0.25, 0.3) is 0 Å². The Morgan fingerprint density at radius 1 is 1.21 bits per heavy atom. The van der Waals surface area contributed by atoms with Crippen molar-refractivity contribution in [3.05, 3.63) is 0 Å². The Balaban J connectivity index is 0.000000340. The van der Waals surface area contributed by atoms with E-state index in [9.17, 15) is 32.3 Å². The largest absolute Gasteiger partial charge is 0.444 e. The third kappa shape index (κ3) is 13.9. The monoisotopic (exact) mass is 618 g/mol. The molecule has 5 unspecified atom stereocenters. The van der Waals surface area contributed by atoms with Crippen LogP contribution in [0.3, 0.4) is 0 Å². The van der Waals surface area contributed by atoms with E-state index < -0.39 is 36.5 Å². The van der Waals surface area contributed by atoms with E-state index in [1.54, 1.807) is 20.8 Å². The number of likely N-dealkylation sites (N-methyl/N-ethyl adjacent to an activating group) is 1. The lowest BCUT2D eigenvalue weighted by Crippen LogP contribution is -2.47. The number of ether oxygens (including phenoxy) is 1. The van der Waals surface area contributed by atoms with E-state index in [1.165, 1.54) is 20.1 Å². The van der Waals surface area contributed by atoms with Crippen LogP contribution in [-0.4, -0.2) is 104 Å². The molecule has 1 saturated carbocycles. The van der Waals surface area contributed by atoms with E-state index in [0.717, 1.165) is 16.7 Å². The van der Waals surface area contributed by atoms with Gasteiger partial charge in [-0.25, -0.2) is 4.79 Å². The van der Waals surface area contributed by atoms with E-state index >= 15 is 0 Å². The molecule has 43 heavy (non-hydrogen) atoms. The maximum absolute atomic E-state index is 12.1. The number of rotatable bonds is 9. The summed E-state index contributed by atoms with van der Waals surface area (Å²) in [6.07, 6.45) is -3.25. The predicted octanol–water partition coefficient (Wildman–Crippen LogP) is 2.71. The van der Waals surface area contributed by atoms with E-state index in [0.29, 0.717) is 31.0 Å². The molecule has 14 heteroatoms. The van der Waals surface area contributed by atoms with Crippen molar-refractivity contribution < 1.29 is 37.1 Å². The molecule has 3 rings (SSSR count). The minimum Gasteiger partial charge on any atom is -0.444 e. The Hall–Kier alpha value is -2.92. The van der Waals surface area contributed by atoms with Crippen LogP contribution in [0.2, 0.25) is 0 Å². The molecule has 3 amide bonds. The molecule has 0 radical (unpaired) electrons. The number of nitrogens with zero attached hydrogens (tertiary/aromatic N) is 3. The van der Waals surface area contributed by atoms with Gasteiger partial charge in [0.15, 0.2) is 0 Å². The summed E-state index contributed by atoms with van der Waals surface area (Å²) < 4.78 is 41.2. The van der Waals surface area contributed by atoms with Crippen LogP contribution < -0.4 is 16.0 Å². The number of alkyl carbamates (subject to hydrolysis) is 1. The molecule has 0 aromatic carbocycles. The maximum Gasteiger partial charge on any atom is 0.408 e. The summed E-state index contributed by atoms with van der Waals surface area (Å²) in [6, 6.07) is 0.325. The Bertz CT molecular complexity index is 994. The number of nitrogens with one attached hydrogen (secondary N) is 3. The lowest BCUT2D eigenvalue weighted by Gasteiger charge is -2.24. The second-order valence-electron chi connectivity index (χ2n) is 13.9. The summed E-state index contributed by atoms with van der Waals surface area (Å²) in [4.78, 5) is 47.1. The van der Waals surface area contributed by atoms with Crippen molar-refractivity contribution in [1.82, 2.24) is 25.8 Å². The average Bonchev–Trinajstić information content (AvgIpc) is 3.11. The molecule has 0 bridgehead atoms. The van der Waals surface area contributed by atoms with E-state index in [1.807, 2.05) is 19.9 Å². The molecule has 1 aliphatic carbocycles. The molecular weight excluding hydrogens is 569 g/mol. The quantitative estimate of drug-likeness (QED) is 0.335. The predicted molar refractivity (Wildman–Crippen MR) is 155 cm³/mol. The molecule has 3 fully saturated rings. The standard InChI is InChI=1S/C11H19F3N2O3.C10H15N3O2.C8H15N/c1-10(2,3)19-9(18)15-8(6-17)5-16(4)7-11(12,13)14;1-10(2)4-7(9(15)13-10)3-8(5-11)12-6-14;1-8(2)6-4-9(3)5-7(6)8/h6,8H,5,7H2,1-4H3,(H,15,18);6-8H,3-4H2,1-2H3,(H,12,14)(H,13,15);6-7H,4-5H2,1-3H3. The molecular formula is C29H49F3N6O5. The van der Waals surface area contributed by atoms with Gasteiger partial charge in [0.05, 0.1) is 12.6 Å². The number of fused-ring (bicyclic) bond motifs is 1. The molecule has 3 aliphatic rings. The van der Waals surface area contributed by atoms with Gasteiger partial charge in [-0.05, 0) is 78.8 Å². The normalized spacial score (nSPS) is 24.8. The van der Waals surface area contributed by atoms with E-state index in [-0.39, 0.29) is 23.9 Å². The summed E-state index contributed by atoms with van der Waals surface area (Å²) in [5, 5.41) is 16.2. The molecule has 5 atom stereocenters. The number of carbonyl (C=O) groups is 4. The van der Waals surface area contributed by atoms with Gasteiger partial charge in [0.25, 0.3) is 0 Å². The topological polar surface area (TPSA) is 144 Å². The zero-order valence-electron chi connectivity index (χ0n) is 26.8. The summed E-state index contributed by atoms with van der Waals surface area (Å²) in [7, 11) is 3.43. The first kappa shape index (κ1) is 38.1. The summed E-state index contributed by atoms with van der Waals surface area (Å²) in [5.41, 5.74) is -0.245. The van der Waals surface area contributed by atoms with Crippen LogP contribution in [0.4, 0.5) is 18.0 Å². The highest BCUT2D eigenvalue weighted by Crippen LogP contribution is 2.61. The second kappa shape index (κ2) is 15.2. The van der Waals surface area contributed by atoms with Gasteiger partial charge in [0.2, 0.25) is 12.3 Å². The number of aldehydes is 1. The van der Waals surface area contributed by atoms with Crippen molar-refractivity contribution in [2.24, 2.45) is 23.2 Å². The number of likely N-dealkylation sites (tertiary alicyclic amines) is 1. The van der Waals surface area contributed by atoms with Crippen molar-refractivity contribution in [3.63, 3.8) is 0 Å². The lowest BCUT2D eigenvalue weighted by atomic mass is 9.92. The fraction of sp³-hybridized carbons (Fsp3) is 0.828. The van der Waals surface area contributed by atoms with Gasteiger partial charge in [0.1, 0.15) is 24.0 Å². The first-order chi connectivity index (χ1) is 19.5. The summed E-state index contributed by atoms with van der Waals surface area (Å²) in [5.74, 6) is 1.84. The molecule has 246 valence electrons. The smallest absolute Gasteiger partial charge is 0.408 e. The van der Waals surface area contributed by atoms with Gasteiger partial charge in [-0.3, -0.25) is 14.5 Å². The van der Waals surface area contributed by atoms with Crippen molar-refractivity contribution in [1.29, 1.82) is 5.26 Å². The highest BCUT2D eigenvalue weighted by Gasteiger charge is 2.61. The van der Waals surface area contributed by atoms with E-state index in [4.69, 9.17) is 10.00 Å². The molecule has 2 aliphatic heterocycles. The first-order valence-electron chi connectivity index (χ1n) is 14.3. The van der Waals surface area contributed by atoms with Crippen LogP contribution in [0, 0.1) is 34.5 Å². The minimum absolute atomic E-state index is 0.0343. The van der Waals surface area contributed by atoms with Gasteiger partial charge in [-0.1, -0.05) is 13.8 Å². The van der Waals surface area contributed by atoms with Crippen LogP contribution in [0.15, 0.2) is 0 Å². The van der Waals surface area contributed by atoms with Crippen molar-refractivity contribution >= 4 is 24.7 Å². The molecule has 3 N–H and O–H groups in total. The van der Waals surface area contributed by atoms with E-state index in [2.05, 4.69) is 41.7 Å². The first-order valence-corrected chi connectivity index (χ1v) is 14.3. The minimum atomic E-state index is -4.35. The number of nitriles is 1. The fourth-order valence-electron chi connectivity index (χ4n) is 5.53. The Labute approximate surface area is 253 Å². The van der Waals surface area contributed by atoms with Crippen molar-refractivity contribution in [3.8, 4) is 6.07 Å². The van der Waals surface area contributed by atoms with Crippen molar-refractivity contribution in [2.75, 3.05) is 40.3 Å². The van der Waals surface area contributed by atoms with Crippen LogP contribution in [0.5, 0.6) is 0 Å². The number of carbonyl (C=O) groups excluding carboxylic acids is 4. The summed E-state index contributed by atoms with van der Waals surface area (Å²) in [6.45, 7) is 14.9. The van der Waals surface area contributed by atoms with Crippen LogP contribution in [0.1, 0.15) is 61.3 Å². The number of piperidine rings is 1. The number of hydrogen-bond donors (Lipinski definition) is 3. The third-order valence-corrected chi connectivity index (χ3v) is 7.66. The van der Waals surface area contributed by atoms with Gasteiger partial charge in [-0.2, -0.15) is 18.4 Å². The lowest BCUT2D eigenvalue weighted by molar-refractivity contribution is -0.144. The van der Waals surface area contributed by atoms with Gasteiger partial charge >= 0.3 is 12.3 Å². The Morgan fingerprint density at radius 2 is 1.77 bits per heavy atom. The fourth-order valence-corrected chi connectivity index (χ4v) is 5.53. The number of halogens is 3. The van der Waals surface area contributed by atoms with Gasteiger partial charge < -0.3 is 30.4 Å². The maximum atomic E-state index is 12.1. The zero-order valence-corrected chi connectivity index (χ0v) is 26.8. The molecule has 0 aromatic rings. The zero-order chi connectivity index (χ0) is 33.4. The molecule has 11 nitrogen and oxygen atoms in total. The Morgan fingerprint density at radius 3 is 2.14 bits per heavy atom. The number of amides is 3. The third-order valence-electron chi connectivity index (χ3n) is 7.66. The number of hydrogen-bond acceptors (Lipinski definition) is 8. The SMILES string of the molecule is CC1(C)CC(CC(C#N)NC=O)C(=O)N1.CN(CC(C=O)NC(=O)OC(C)(C)C)CC(F)(F)F.CN1CC2C(C1)C2(C)C. The molecule has 0 aromatic heterocycles. The number of alkyl halides is 3. The summed E-state index contributed by atoms with van der Waals surface area (Å²) >= 11 is 0. The highest BCUT2D eigenvalue weighted by atomic mass is 19.4.